The summed E-state index contributed by atoms with van der Waals surface area (Å²) in [7, 11) is 1.25. The molecule has 0 saturated carbocycles. The maximum Gasteiger partial charge on any atom is 0.415 e. The third-order valence-electron chi connectivity index (χ3n) is 1.72. The number of likely N-dealkylation sites (N-methyl/N-ethyl adjacent to an activating group) is 1. The normalized spacial score (nSPS) is 9.62. The van der Waals surface area contributed by atoms with E-state index in [9.17, 15) is 14.0 Å². The summed E-state index contributed by atoms with van der Waals surface area (Å²) in [4.78, 5) is 22.4. The third kappa shape index (κ3) is 3.23. The van der Waals surface area contributed by atoms with E-state index in [1.54, 1.807) is 0 Å². The molecule has 0 unspecified atom stereocenters. The summed E-state index contributed by atoms with van der Waals surface area (Å²) in [5.41, 5.74) is 0. The van der Waals surface area contributed by atoms with Crippen molar-refractivity contribution in [2.45, 2.75) is 0 Å². The average molecular weight is 227 g/mol. The molecule has 0 aliphatic heterocycles. The van der Waals surface area contributed by atoms with Crippen molar-refractivity contribution in [3.05, 3.63) is 30.1 Å². The van der Waals surface area contributed by atoms with E-state index in [1.807, 2.05) is 0 Å². The number of carboxylic acids is 1. The van der Waals surface area contributed by atoms with Crippen LogP contribution < -0.4 is 4.74 Å². The van der Waals surface area contributed by atoms with Crippen molar-refractivity contribution in [2.24, 2.45) is 0 Å². The minimum atomic E-state index is -1.17. The van der Waals surface area contributed by atoms with Crippen molar-refractivity contribution < 1.29 is 23.8 Å². The quantitative estimate of drug-likeness (QED) is 0.846. The molecule has 0 fully saturated rings. The Kier molecular flexibility index (Phi) is 3.82. The molecule has 1 N–H and O–H groups in total. The Bertz CT molecular complexity index is 408. The highest BCUT2D eigenvalue weighted by atomic mass is 19.1. The van der Waals surface area contributed by atoms with Gasteiger partial charge in [0.25, 0.3) is 0 Å². The second-order valence-electron chi connectivity index (χ2n) is 3.05. The van der Waals surface area contributed by atoms with Crippen LogP contribution in [0.1, 0.15) is 0 Å². The zero-order valence-electron chi connectivity index (χ0n) is 8.51. The minimum absolute atomic E-state index is 0.232. The second-order valence-corrected chi connectivity index (χ2v) is 3.05. The van der Waals surface area contributed by atoms with Crippen molar-refractivity contribution >= 4 is 12.1 Å². The number of aliphatic carboxylic acids is 1. The van der Waals surface area contributed by atoms with Crippen molar-refractivity contribution in [3.63, 3.8) is 0 Å². The van der Waals surface area contributed by atoms with Crippen LogP contribution >= 0.6 is 0 Å². The van der Waals surface area contributed by atoms with Crippen molar-refractivity contribution in [3.8, 4) is 5.75 Å². The monoisotopic (exact) mass is 227 g/mol. The first-order chi connectivity index (χ1) is 7.50. The number of amides is 1. The number of halogens is 1. The van der Waals surface area contributed by atoms with Gasteiger partial charge in [0.05, 0.1) is 0 Å². The highest BCUT2D eigenvalue weighted by molar-refractivity contribution is 5.77. The van der Waals surface area contributed by atoms with Crippen LogP contribution in [0, 0.1) is 5.82 Å². The molecule has 1 aromatic rings. The Morgan fingerprint density at radius 1 is 1.44 bits per heavy atom. The van der Waals surface area contributed by atoms with Crippen molar-refractivity contribution in [1.82, 2.24) is 4.90 Å². The van der Waals surface area contributed by atoms with Gasteiger partial charge in [-0.1, -0.05) is 12.1 Å². The van der Waals surface area contributed by atoms with Crippen LogP contribution in [0.15, 0.2) is 24.3 Å². The molecule has 1 rings (SSSR count). The molecule has 0 aromatic heterocycles. The van der Waals surface area contributed by atoms with Crippen LogP contribution in [-0.2, 0) is 4.79 Å². The fourth-order valence-electron chi connectivity index (χ4n) is 0.967. The molecule has 0 aliphatic carbocycles. The van der Waals surface area contributed by atoms with Crippen LogP contribution in [0.25, 0.3) is 0 Å². The van der Waals surface area contributed by atoms with E-state index in [2.05, 4.69) is 4.74 Å². The standard InChI is InChI=1S/C10H10FNO4/c1-12(6-9(13)14)10(15)16-8-5-3-2-4-7(8)11/h2-5H,6H2,1H3,(H,13,14). The fraction of sp³-hybridized carbons (Fsp3) is 0.200. The molecule has 0 heterocycles. The first kappa shape index (κ1) is 12.0. The maximum absolute atomic E-state index is 13.1. The molecular formula is C10H10FNO4. The number of para-hydroxylation sites is 1. The summed E-state index contributed by atoms with van der Waals surface area (Å²) in [6, 6.07) is 5.37. The van der Waals surface area contributed by atoms with Gasteiger partial charge in [-0.25, -0.2) is 9.18 Å². The highest BCUT2D eigenvalue weighted by Gasteiger charge is 2.15. The predicted molar refractivity (Wildman–Crippen MR) is 52.7 cm³/mol. The van der Waals surface area contributed by atoms with Gasteiger partial charge in [0.1, 0.15) is 6.54 Å². The van der Waals surface area contributed by atoms with E-state index >= 15 is 0 Å². The zero-order chi connectivity index (χ0) is 12.1. The van der Waals surface area contributed by atoms with Gasteiger partial charge in [-0.05, 0) is 12.1 Å². The minimum Gasteiger partial charge on any atom is -0.480 e. The Morgan fingerprint density at radius 2 is 2.06 bits per heavy atom. The average Bonchev–Trinajstić information content (AvgIpc) is 2.20. The largest absolute Gasteiger partial charge is 0.480 e. The van der Waals surface area contributed by atoms with E-state index in [4.69, 9.17) is 5.11 Å². The second kappa shape index (κ2) is 5.11. The lowest BCUT2D eigenvalue weighted by Gasteiger charge is -2.14. The molecule has 0 saturated heterocycles. The smallest absolute Gasteiger partial charge is 0.415 e. The molecule has 5 nitrogen and oxygen atoms in total. The number of ether oxygens (including phenoxy) is 1. The SMILES string of the molecule is CN(CC(=O)O)C(=O)Oc1ccccc1F. The van der Waals surface area contributed by atoms with Gasteiger partial charge in [0.2, 0.25) is 0 Å². The Morgan fingerprint density at radius 3 is 2.62 bits per heavy atom. The molecule has 1 aromatic carbocycles. The fourth-order valence-corrected chi connectivity index (χ4v) is 0.967. The number of nitrogens with zero attached hydrogens (tertiary/aromatic N) is 1. The first-order valence-corrected chi connectivity index (χ1v) is 4.40. The number of carbonyl (C=O) groups excluding carboxylic acids is 1. The van der Waals surface area contributed by atoms with E-state index in [-0.39, 0.29) is 5.75 Å². The Balaban J connectivity index is 2.64. The lowest BCUT2D eigenvalue weighted by Crippen LogP contribution is -2.34. The van der Waals surface area contributed by atoms with Gasteiger partial charge >= 0.3 is 12.1 Å². The summed E-state index contributed by atoms with van der Waals surface area (Å²) in [5.74, 6) is -2.09. The van der Waals surface area contributed by atoms with Crippen molar-refractivity contribution in [2.75, 3.05) is 13.6 Å². The molecule has 0 atom stereocenters. The van der Waals surface area contributed by atoms with E-state index in [0.29, 0.717) is 0 Å². The number of carboxylic acid groups (broad SMARTS) is 1. The number of hydrogen-bond acceptors (Lipinski definition) is 3. The zero-order valence-corrected chi connectivity index (χ0v) is 8.51. The van der Waals surface area contributed by atoms with Gasteiger partial charge in [0, 0.05) is 7.05 Å². The van der Waals surface area contributed by atoms with Gasteiger partial charge in [-0.15, -0.1) is 0 Å². The van der Waals surface area contributed by atoms with Crippen molar-refractivity contribution in [1.29, 1.82) is 0 Å². The lowest BCUT2D eigenvalue weighted by atomic mass is 10.3. The molecule has 0 spiro atoms. The summed E-state index contributed by atoms with van der Waals surface area (Å²) in [6.45, 7) is -0.507. The topological polar surface area (TPSA) is 66.8 Å². The molecule has 0 bridgehead atoms. The molecule has 86 valence electrons. The number of carbonyl (C=O) groups is 2. The predicted octanol–water partition coefficient (Wildman–Crippen LogP) is 1.34. The maximum atomic E-state index is 13.1. The molecule has 1 amide bonds. The van der Waals surface area contributed by atoms with Gasteiger partial charge in [0.15, 0.2) is 11.6 Å². The molecule has 0 radical (unpaired) electrons. The van der Waals surface area contributed by atoms with E-state index in [0.717, 1.165) is 11.0 Å². The van der Waals surface area contributed by atoms with Gasteiger partial charge < -0.3 is 9.84 Å². The molecular weight excluding hydrogens is 217 g/mol. The van der Waals surface area contributed by atoms with Gasteiger partial charge in [-0.3, -0.25) is 9.69 Å². The summed E-state index contributed by atoms with van der Waals surface area (Å²) in [5, 5.41) is 8.43. The summed E-state index contributed by atoms with van der Waals surface area (Å²) in [6.07, 6.45) is -0.924. The van der Waals surface area contributed by atoms with Crippen LogP contribution in [0.4, 0.5) is 9.18 Å². The number of rotatable bonds is 3. The van der Waals surface area contributed by atoms with Crippen LogP contribution in [0.5, 0.6) is 5.75 Å². The summed E-state index contributed by atoms with van der Waals surface area (Å²) >= 11 is 0. The first-order valence-electron chi connectivity index (χ1n) is 4.40. The van der Waals surface area contributed by atoms with Crippen LogP contribution in [-0.4, -0.2) is 35.7 Å². The Labute approximate surface area is 91.0 Å². The van der Waals surface area contributed by atoms with Crippen LogP contribution in [0.2, 0.25) is 0 Å². The van der Waals surface area contributed by atoms with E-state index in [1.165, 1.54) is 25.2 Å². The van der Waals surface area contributed by atoms with E-state index < -0.39 is 24.4 Å². The van der Waals surface area contributed by atoms with Gasteiger partial charge in [-0.2, -0.15) is 0 Å². The number of hydrogen-bond donors (Lipinski definition) is 1. The molecule has 0 aliphatic rings. The number of benzene rings is 1. The summed E-state index contributed by atoms with van der Waals surface area (Å²) < 4.78 is 17.7. The lowest BCUT2D eigenvalue weighted by molar-refractivity contribution is -0.137. The molecule has 6 heteroatoms. The van der Waals surface area contributed by atoms with Crippen LogP contribution in [0.3, 0.4) is 0 Å². The Hall–Kier alpha value is -2.11. The third-order valence-corrected chi connectivity index (χ3v) is 1.72. The highest BCUT2D eigenvalue weighted by Crippen LogP contribution is 2.15. The molecule has 16 heavy (non-hydrogen) atoms.